The van der Waals surface area contributed by atoms with Crippen molar-refractivity contribution >= 4 is 22.9 Å². The molecule has 1 aromatic heterocycles. The molecule has 0 saturated heterocycles. The minimum atomic E-state index is -4.38. The van der Waals surface area contributed by atoms with Crippen LogP contribution >= 0.6 is 11.3 Å². The smallest absolute Gasteiger partial charge is 0.346 e. The predicted octanol–water partition coefficient (Wildman–Crippen LogP) is 4.42. The number of rotatable bonds is 2. The van der Waals surface area contributed by atoms with Gasteiger partial charge in [0.15, 0.2) is 6.54 Å². The zero-order chi connectivity index (χ0) is 18.4. The highest BCUT2D eigenvalue weighted by Gasteiger charge is 2.52. The summed E-state index contributed by atoms with van der Waals surface area (Å²) in [6.07, 6.45) is -0.635. The number of benzene rings is 1. The van der Waals surface area contributed by atoms with E-state index in [4.69, 9.17) is 0 Å². The van der Waals surface area contributed by atoms with Crippen LogP contribution in [0.3, 0.4) is 0 Å². The number of alkyl halides is 3. The van der Waals surface area contributed by atoms with E-state index in [1.807, 2.05) is 27.0 Å². The molecule has 1 atom stereocenters. The van der Waals surface area contributed by atoms with Crippen LogP contribution in [0.4, 0.5) is 18.9 Å². The van der Waals surface area contributed by atoms with Crippen molar-refractivity contribution < 1.29 is 22.9 Å². The van der Waals surface area contributed by atoms with Gasteiger partial charge in [-0.15, -0.1) is 11.3 Å². The van der Waals surface area contributed by atoms with Crippen LogP contribution in [0.15, 0.2) is 41.8 Å². The first-order valence-electron chi connectivity index (χ1n) is 8.74. The van der Waals surface area contributed by atoms with E-state index in [2.05, 4.69) is 0 Å². The van der Waals surface area contributed by atoms with E-state index in [9.17, 15) is 18.3 Å². The lowest BCUT2D eigenvalue weighted by atomic mass is 10.1. The summed E-state index contributed by atoms with van der Waals surface area (Å²) in [4.78, 5) is 2.69. The second-order valence-corrected chi connectivity index (χ2v) is 7.75. The molecule has 1 aromatic carbocycles. The van der Waals surface area contributed by atoms with E-state index in [1.54, 1.807) is 6.07 Å². The highest BCUT2D eigenvalue weighted by Crippen LogP contribution is 2.38. The number of nitrogens with zero attached hydrogens (tertiary/aromatic N) is 2. The standard InChI is InChI=1S/C19H20F3N2OS/c20-19(21,22)14-6-4-7-15(12-14)23-13-18(25,16-8-5-11-26-16)24-10-3-1-2-9-17(23)24/h4-8,11-12,25H,1-3,9-10,13H2/q+1. The second-order valence-electron chi connectivity index (χ2n) is 6.81. The zero-order valence-corrected chi connectivity index (χ0v) is 15.0. The molecule has 0 spiro atoms. The van der Waals surface area contributed by atoms with Gasteiger partial charge in [0.25, 0.3) is 11.6 Å². The fraction of sp³-hybridized carbons (Fsp3) is 0.421. The topological polar surface area (TPSA) is 26.5 Å². The summed E-state index contributed by atoms with van der Waals surface area (Å²) >= 11 is 1.47. The van der Waals surface area contributed by atoms with Gasteiger partial charge in [0.1, 0.15) is 5.69 Å². The number of β-amino-alcohol motifs (C(OH)–C–C–N with tert-alkyl or cyclic N) is 1. The normalized spacial score (nSPS) is 23.9. The average molecular weight is 381 g/mol. The Balaban J connectivity index is 1.79. The molecule has 4 rings (SSSR count). The summed E-state index contributed by atoms with van der Waals surface area (Å²) in [5.74, 6) is 0.915. The van der Waals surface area contributed by atoms with Crippen LogP contribution in [0, 0.1) is 0 Å². The lowest BCUT2D eigenvalue weighted by Gasteiger charge is -2.21. The van der Waals surface area contributed by atoms with Crippen molar-refractivity contribution in [2.45, 2.75) is 37.6 Å². The molecular weight excluding hydrogens is 361 g/mol. The number of halogens is 3. The van der Waals surface area contributed by atoms with E-state index >= 15 is 0 Å². The Morgan fingerprint density at radius 3 is 2.69 bits per heavy atom. The number of hydrogen-bond acceptors (Lipinski definition) is 3. The number of amidine groups is 1. The van der Waals surface area contributed by atoms with Crippen LogP contribution in [0.25, 0.3) is 0 Å². The quantitative estimate of drug-likeness (QED) is 0.780. The highest BCUT2D eigenvalue weighted by atomic mass is 32.1. The highest BCUT2D eigenvalue weighted by molar-refractivity contribution is 7.10. The van der Waals surface area contributed by atoms with Gasteiger partial charge >= 0.3 is 6.18 Å². The summed E-state index contributed by atoms with van der Waals surface area (Å²) in [5.41, 5.74) is -1.38. The summed E-state index contributed by atoms with van der Waals surface area (Å²) in [5, 5.41) is 13.4. The van der Waals surface area contributed by atoms with Crippen LogP contribution in [0.5, 0.6) is 0 Å². The van der Waals surface area contributed by atoms with Crippen molar-refractivity contribution in [2.75, 3.05) is 18.0 Å². The molecule has 0 bridgehead atoms. The molecule has 0 fully saturated rings. The molecule has 0 saturated carbocycles. The minimum absolute atomic E-state index is 0.240. The fourth-order valence-corrected chi connectivity index (χ4v) is 4.70. The summed E-state index contributed by atoms with van der Waals surface area (Å²) in [7, 11) is 0. The molecule has 3 heterocycles. The molecule has 1 N–H and O–H groups in total. The second kappa shape index (κ2) is 6.39. The maximum Gasteiger partial charge on any atom is 0.416 e. The fourth-order valence-electron chi connectivity index (χ4n) is 3.88. The Morgan fingerprint density at radius 2 is 1.96 bits per heavy atom. The molecule has 1 unspecified atom stereocenters. The van der Waals surface area contributed by atoms with Crippen molar-refractivity contribution in [1.29, 1.82) is 0 Å². The Morgan fingerprint density at radius 1 is 1.12 bits per heavy atom. The molecule has 0 amide bonds. The van der Waals surface area contributed by atoms with Gasteiger partial charge in [0.05, 0.1) is 17.0 Å². The third kappa shape index (κ3) is 2.93. The van der Waals surface area contributed by atoms with E-state index in [-0.39, 0.29) is 6.54 Å². The SMILES string of the molecule is OC1(c2cccs2)CN(c2cccc(C(F)(F)F)c2)C2=[N+]1CCCCC2. The molecule has 2 aromatic rings. The Bertz CT molecular complexity index is 832. The van der Waals surface area contributed by atoms with Gasteiger partial charge in [0, 0.05) is 6.42 Å². The predicted molar refractivity (Wildman–Crippen MR) is 95.6 cm³/mol. The first kappa shape index (κ1) is 17.5. The van der Waals surface area contributed by atoms with Crippen LogP contribution < -0.4 is 4.90 Å². The molecule has 0 aliphatic carbocycles. The molecule has 2 aliphatic heterocycles. The van der Waals surface area contributed by atoms with Gasteiger partial charge in [-0.2, -0.15) is 13.2 Å². The summed E-state index contributed by atoms with van der Waals surface area (Å²) in [6, 6.07) is 9.16. The summed E-state index contributed by atoms with van der Waals surface area (Å²) < 4.78 is 41.4. The molecular formula is C19H20F3N2OS+. The van der Waals surface area contributed by atoms with Crippen LogP contribution in [0.1, 0.15) is 36.1 Å². The monoisotopic (exact) mass is 381 g/mol. The number of anilines is 1. The van der Waals surface area contributed by atoms with Crippen molar-refractivity contribution in [3.05, 3.63) is 52.2 Å². The van der Waals surface area contributed by atoms with Crippen molar-refractivity contribution in [1.82, 2.24) is 0 Å². The van der Waals surface area contributed by atoms with Gasteiger partial charge in [-0.1, -0.05) is 12.1 Å². The molecule has 138 valence electrons. The molecule has 2 aliphatic rings. The van der Waals surface area contributed by atoms with Crippen molar-refractivity contribution in [3.8, 4) is 0 Å². The van der Waals surface area contributed by atoms with E-state index in [0.717, 1.165) is 42.5 Å². The van der Waals surface area contributed by atoms with Gasteiger partial charge in [-0.05, 0) is 48.9 Å². The van der Waals surface area contributed by atoms with Gasteiger partial charge in [-0.25, -0.2) is 9.48 Å². The number of hydrogen-bond donors (Lipinski definition) is 1. The van der Waals surface area contributed by atoms with Crippen molar-refractivity contribution in [3.63, 3.8) is 0 Å². The molecule has 0 radical (unpaired) electrons. The molecule has 7 heteroatoms. The molecule has 3 nitrogen and oxygen atoms in total. The third-order valence-electron chi connectivity index (χ3n) is 5.13. The van der Waals surface area contributed by atoms with Gasteiger partial charge < -0.3 is 5.11 Å². The van der Waals surface area contributed by atoms with Gasteiger partial charge in [0.2, 0.25) is 0 Å². The summed E-state index contributed by atoms with van der Waals surface area (Å²) in [6.45, 7) is 0.948. The Hall–Kier alpha value is -1.86. The maximum absolute atomic E-state index is 13.1. The van der Waals surface area contributed by atoms with Crippen LogP contribution in [0.2, 0.25) is 0 Å². The average Bonchev–Trinajstić information content (AvgIpc) is 3.16. The lowest BCUT2D eigenvalue weighted by Crippen LogP contribution is -2.40. The Kier molecular flexibility index (Phi) is 4.31. The first-order valence-corrected chi connectivity index (χ1v) is 9.62. The minimum Gasteiger partial charge on any atom is -0.346 e. The van der Waals surface area contributed by atoms with Crippen LogP contribution in [-0.2, 0) is 11.9 Å². The largest absolute Gasteiger partial charge is 0.416 e. The number of thiophene rings is 1. The Labute approximate surface area is 154 Å². The van der Waals surface area contributed by atoms with E-state index < -0.39 is 17.5 Å². The zero-order valence-electron chi connectivity index (χ0n) is 14.2. The molecule has 26 heavy (non-hydrogen) atoms. The van der Waals surface area contributed by atoms with Gasteiger partial charge in [-0.3, -0.25) is 0 Å². The first-order chi connectivity index (χ1) is 12.4. The third-order valence-corrected chi connectivity index (χ3v) is 6.14. The van der Waals surface area contributed by atoms with E-state index in [0.29, 0.717) is 12.2 Å². The van der Waals surface area contributed by atoms with E-state index in [1.165, 1.54) is 23.5 Å². The lowest BCUT2D eigenvalue weighted by molar-refractivity contribution is -0.657. The number of aliphatic hydroxyl groups is 1. The maximum atomic E-state index is 13.1. The van der Waals surface area contributed by atoms with Crippen LogP contribution in [-0.4, -0.2) is 28.6 Å². The van der Waals surface area contributed by atoms with Crippen molar-refractivity contribution in [2.24, 2.45) is 0 Å².